The maximum Gasteiger partial charge on any atom is 0.342 e. The van der Waals surface area contributed by atoms with E-state index >= 15 is 0 Å². The minimum Gasteiger partial charge on any atom is -0.499 e. The van der Waals surface area contributed by atoms with Gasteiger partial charge < -0.3 is 9.84 Å². The van der Waals surface area contributed by atoms with Gasteiger partial charge in [0.05, 0.1) is 6.61 Å². The minimum atomic E-state index is -0.449. The predicted octanol–water partition coefficient (Wildman–Crippen LogP) is 2.02. The molecule has 0 atom stereocenters. The van der Waals surface area contributed by atoms with Crippen molar-refractivity contribution in [2.75, 3.05) is 6.61 Å². The van der Waals surface area contributed by atoms with E-state index in [4.69, 9.17) is 9.84 Å². The predicted molar refractivity (Wildman–Crippen MR) is 46.6 cm³/mol. The zero-order valence-electron chi connectivity index (χ0n) is 6.74. The summed E-state index contributed by atoms with van der Waals surface area (Å²) < 4.78 is 4.82. The Hall–Kier alpha value is -1.03. The van der Waals surface area contributed by atoms with Crippen LogP contribution in [0.15, 0.2) is 11.4 Å². The van der Waals surface area contributed by atoms with Gasteiger partial charge in [0.1, 0.15) is 5.56 Å². The third-order valence-corrected chi connectivity index (χ3v) is 2.02. The summed E-state index contributed by atoms with van der Waals surface area (Å²) in [5.74, 6) is -0.449. The number of carbonyl (C=O) groups excluding carboxylic acids is 1. The van der Waals surface area contributed by atoms with Gasteiger partial charge in [0.25, 0.3) is 0 Å². The van der Waals surface area contributed by atoms with Gasteiger partial charge in [0, 0.05) is 0 Å². The molecule has 0 radical (unpaired) electrons. The van der Waals surface area contributed by atoms with Gasteiger partial charge in [-0.15, -0.1) is 11.3 Å². The molecule has 0 unspecified atom stereocenters. The largest absolute Gasteiger partial charge is 0.499 e. The number of aromatic hydroxyl groups is 1. The topological polar surface area (TPSA) is 46.5 Å². The van der Waals surface area contributed by atoms with Crippen LogP contribution in [-0.2, 0) is 4.74 Å². The summed E-state index contributed by atoms with van der Waals surface area (Å²) in [4.78, 5) is 11.1. The second-order valence-electron chi connectivity index (χ2n) is 2.28. The Morgan fingerprint density at radius 3 is 3.00 bits per heavy atom. The average molecular weight is 186 g/mol. The van der Waals surface area contributed by atoms with Crippen LogP contribution < -0.4 is 0 Å². The first-order valence-corrected chi connectivity index (χ1v) is 4.57. The number of rotatable bonds is 3. The monoisotopic (exact) mass is 186 g/mol. The summed E-state index contributed by atoms with van der Waals surface area (Å²) in [5.41, 5.74) is 0.258. The molecule has 1 rings (SSSR count). The molecule has 4 heteroatoms. The summed E-state index contributed by atoms with van der Waals surface area (Å²) in [5, 5.41) is 10.8. The molecule has 66 valence electrons. The van der Waals surface area contributed by atoms with Gasteiger partial charge in [-0.1, -0.05) is 6.92 Å². The molecule has 1 aromatic heterocycles. The van der Waals surface area contributed by atoms with E-state index in [1.165, 1.54) is 0 Å². The van der Waals surface area contributed by atoms with Gasteiger partial charge in [-0.05, 0) is 17.9 Å². The summed E-state index contributed by atoms with van der Waals surface area (Å²) in [6, 6.07) is 1.55. The molecule has 1 aromatic rings. The van der Waals surface area contributed by atoms with Gasteiger partial charge in [0.2, 0.25) is 0 Å². The lowest BCUT2D eigenvalue weighted by molar-refractivity contribution is 0.0503. The van der Waals surface area contributed by atoms with E-state index in [2.05, 4.69) is 0 Å². The highest BCUT2D eigenvalue weighted by atomic mass is 32.1. The highest BCUT2D eigenvalue weighted by Crippen LogP contribution is 2.24. The highest BCUT2D eigenvalue weighted by Gasteiger charge is 2.12. The smallest absolute Gasteiger partial charge is 0.342 e. The van der Waals surface area contributed by atoms with Crippen LogP contribution in [0.5, 0.6) is 5.06 Å². The van der Waals surface area contributed by atoms with Crippen molar-refractivity contribution in [2.45, 2.75) is 13.3 Å². The Morgan fingerprint density at radius 2 is 2.50 bits per heavy atom. The average Bonchev–Trinajstić information content (AvgIpc) is 2.47. The van der Waals surface area contributed by atoms with Gasteiger partial charge in [-0.3, -0.25) is 0 Å². The van der Waals surface area contributed by atoms with Crippen LogP contribution in [0, 0.1) is 0 Å². The number of ether oxygens (including phenoxy) is 1. The van der Waals surface area contributed by atoms with E-state index in [1.54, 1.807) is 11.4 Å². The second kappa shape index (κ2) is 4.11. The van der Waals surface area contributed by atoms with Gasteiger partial charge in [-0.2, -0.15) is 0 Å². The molecule has 3 nitrogen and oxygen atoms in total. The van der Waals surface area contributed by atoms with Crippen molar-refractivity contribution in [2.24, 2.45) is 0 Å². The van der Waals surface area contributed by atoms with Crippen molar-refractivity contribution in [1.82, 2.24) is 0 Å². The fourth-order valence-corrected chi connectivity index (χ4v) is 1.34. The Balaban J connectivity index is 2.59. The van der Waals surface area contributed by atoms with Crippen molar-refractivity contribution in [3.8, 4) is 5.06 Å². The summed E-state index contributed by atoms with van der Waals surface area (Å²) in [6.07, 6.45) is 0.788. The maximum atomic E-state index is 11.1. The second-order valence-corrected chi connectivity index (χ2v) is 3.17. The first kappa shape index (κ1) is 9.06. The van der Waals surface area contributed by atoms with E-state index in [0.717, 1.165) is 17.8 Å². The number of esters is 1. The fraction of sp³-hybridized carbons (Fsp3) is 0.375. The summed E-state index contributed by atoms with van der Waals surface area (Å²) >= 11 is 1.12. The summed E-state index contributed by atoms with van der Waals surface area (Å²) in [6.45, 7) is 2.31. The van der Waals surface area contributed by atoms with E-state index in [0.29, 0.717) is 6.61 Å². The van der Waals surface area contributed by atoms with Crippen LogP contribution in [-0.4, -0.2) is 17.7 Å². The molecule has 0 fully saturated rings. The highest BCUT2D eigenvalue weighted by molar-refractivity contribution is 7.12. The molecule has 0 saturated heterocycles. The molecular formula is C8H10O3S. The number of thiophene rings is 1. The van der Waals surface area contributed by atoms with E-state index in [-0.39, 0.29) is 10.6 Å². The third kappa shape index (κ3) is 1.98. The molecule has 12 heavy (non-hydrogen) atoms. The van der Waals surface area contributed by atoms with Crippen LogP contribution in [0.1, 0.15) is 23.7 Å². The lowest BCUT2D eigenvalue weighted by Crippen LogP contribution is -2.04. The van der Waals surface area contributed by atoms with Crippen molar-refractivity contribution in [3.05, 3.63) is 17.0 Å². The Bertz CT molecular complexity index is 267. The lowest BCUT2D eigenvalue weighted by Gasteiger charge is -2.00. The third-order valence-electron chi connectivity index (χ3n) is 1.30. The van der Waals surface area contributed by atoms with Gasteiger partial charge in [0.15, 0.2) is 5.06 Å². The van der Waals surface area contributed by atoms with Crippen molar-refractivity contribution in [3.63, 3.8) is 0 Å². The van der Waals surface area contributed by atoms with Crippen molar-refractivity contribution < 1.29 is 14.6 Å². The van der Waals surface area contributed by atoms with Crippen LogP contribution in [0.2, 0.25) is 0 Å². The lowest BCUT2D eigenvalue weighted by atomic mass is 10.3. The van der Waals surface area contributed by atoms with Crippen LogP contribution in [0.3, 0.4) is 0 Å². The summed E-state index contributed by atoms with van der Waals surface area (Å²) in [7, 11) is 0. The minimum absolute atomic E-state index is 0.0242. The van der Waals surface area contributed by atoms with Crippen molar-refractivity contribution >= 4 is 17.3 Å². The number of carbonyl (C=O) groups is 1. The molecule has 0 aromatic carbocycles. The molecule has 0 amide bonds. The molecule has 0 aliphatic rings. The molecule has 1 heterocycles. The van der Waals surface area contributed by atoms with Crippen LogP contribution in [0.25, 0.3) is 0 Å². The quantitative estimate of drug-likeness (QED) is 0.734. The molecule has 0 saturated carbocycles. The van der Waals surface area contributed by atoms with Crippen molar-refractivity contribution in [1.29, 1.82) is 0 Å². The first-order chi connectivity index (χ1) is 5.75. The Morgan fingerprint density at radius 1 is 1.75 bits per heavy atom. The molecule has 0 bridgehead atoms. The maximum absolute atomic E-state index is 11.1. The Kier molecular flexibility index (Phi) is 3.10. The normalized spacial score (nSPS) is 9.75. The molecule has 0 spiro atoms. The molecule has 0 aliphatic heterocycles. The standard InChI is InChI=1S/C8H10O3S/c1-2-4-11-7(9)6-3-5-12-8(6)10/h3,5,10H,2,4H2,1H3. The SMILES string of the molecule is CCCOC(=O)c1ccsc1O. The fourth-order valence-electron chi connectivity index (χ4n) is 0.729. The Labute approximate surface area is 74.6 Å². The molecular weight excluding hydrogens is 176 g/mol. The number of hydrogen-bond donors (Lipinski definition) is 1. The van der Waals surface area contributed by atoms with Crippen LogP contribution >= 0.6 is 11.3 Å². The van der Waals surface area contributed by atoms with E-state index in [1.807, 2.05) is 6.92 Å². The van der Waals surface area contributed by atoms with Gasteiger partial charge in [-0.25, -0.2) is 4.79 Å². The van der Waals surface area contributed by atoms with E-state index in [9.17, 15) is 4.79 Å². The molecule has 1 N–H and O–H groups in total. The zero-order valence-corrected chi connectivity index (χ0v) is 7.56. The van der Waals surface area contributed by atoms with E-state index < -0.39 is 5.97 Å². The molecule has 0 aliphatic carbocycles. The first-order valence-electron chi connectivity index (χ1n) is 3.69. The number of hydrogen-bond acceptors (Lipinski definition) is 4. The van der Waals surface area contributed by atoms with Crippen LogP contribution in [0.4, 0.5) is 0 Å². The zero-order chi connectivity index (χ0) is 8.97. The van der Waals surface area contributed by atoms with Gasteiger partial charge >= 0.3 is 5.97 Å².